The summed E-state index contributed by atoms with van der Waals surface area (Å²) in [7, 11) is -4.41. The van der Waals surface area contributed by atoms with Gasteiger partial charge in [-0.25, -0.2) is 26.0 Å². The molecule has 0 aliphatic rings. The Balaban J connectivity index is 1.72. The summed E-state index contributed by atoms with van der Waals surface area (Å²) >= 11 is 7.63. The van der Waals surface area contributed by atoms with Crippen molar-refractivity contribution >= 4 is 49.8 Å². The highest BCUT2D eigenvalue weighted by molar-refractivity contribution is 7.90. The van der Waals surface area contributed by atoms with Gasteiger partial charge in [-0.05, 0) is 77.7 Å². The maximum absolute atomic E-state index is 14.7. The Bertz CT molecular complexity index is 2230. The summed E-state index contributed by atoms with van der Waals surface area (Å²) in [4.78, 5) is 11.5. The number of fused-ring (bicyclic) bond motifs is 1. The van der Waals surface area contributed by atoms with Crippen LogP contribution in [0, 0.1) is 23.0 Å². The van der Waals surface area contributed by atoms with E-state index in [0.717, 1.165) is 45.6 Å². The zero-order valence-corrected chi connectivity index (χ0v) is 24.1. The lowest BCUT2D eigenvalue weighted by Gasteiger charge is -2.15. The second-order valence-corrected chi connectivity index (χ2v) is 12.6. The van der Waals surface area contributed by atoms with E-state index in [4.69, 9.17) is 11.6 Å². The molecule has 0 saturated heterocycles. The number of nitriles is 1. The van der Waals surface area contributed by atoms with E-state index >= 15 is 0 Å². The molecular weight excluding hydrogens is 614 g/mol. The average Bonchev–Trinajstić information content (AvgIpc) is 3.59. The van der Waals surface area contributed by atoms with Crippen molar-refractivity contribution in [2.24, 2.45) is 0 Å². The summed E-state index contributed by atoms with van der Waals surface area (Å²) in [5.41, 5.74) is 2.49. The molecule has 2 aromatic heterocycles. The normalized spacial score (nSPS) is 11.5. The topological polar surface area (TPSA) is 100 Å². The Morgan fingerprint density at radius 2 is 1.60 bits per heavy atom. The largest absolute Gasteiger partial charge is 0.478 e. The van der Waals surface area contributed by atoms with E-state index in [1.807, 2.05) is 0 Å². The number of hydrogen-bond acceptors (Lipinski definition) is 5. The Morgan fingerprint density at radius 1 is 0.884 bits per heavy atom. The number of carboxylic acids is 1. The van der Waals surface area contributed by atoms with Crippen molar-refractivity contribution in [1.82, 2.24) is 3.97 Å². The second kappa shape index (κ2) is 10.8. The van der Waals surface area contributed by atoms with Crippen LogP contribution in [0.2, 0.25) is 5.02 Å². The lowest BCUT2D eigenvalue weighted by Crippen LogP contribution is -2.14. The van der Waals surface area contributed by atoms with Crippen LogP contribution in [0.3, 0.4) is 0 Å². The van der Waals surface area contributed by atoms with Gasteiger partial charge in [-0.2, -0.15) is 5.26 Å². The van der Waals surface area contributed by atoms with E-state index in [1.165, 1.54) is 24.3 Å². The number of hydrogen-bond donors (Lipinski definition) is 1. The summed E-state index contributed by atoms with van der Waals surface area (Å²) in [6.45, 7) is 0. The molecule has 0 aliphatic heterocycles. The molecule has 0 aliphatic carbocycles. The van der Waals surface area contributed by atoms with E-state index in [0.29, 0.717) is 32.7 Å². The highest BCUT2D eigenvalue weighted by Gasteiger charge is 2.30. The highest BCUT2D eigenvalue weighted by Crippen LogP contribution is 2.46. The number of carboxylic acid groups (broad SMARTS) is 1. The van der Waals surface area contributed by atoms with Gasteiger partial charge in [0.15, 0.2) is 0 Å². The van der Waals surface area contributed by atoms with Crippen LogP contribution in [0.5, 0.6) is 0 Å². The van der Waals surface area contributed by atoms with Gasteiger partial charge in [-0.1, -0.05) is 35.9 Å². The Morgan fingerprint density at radius 3 is 2.30 bits per heavy atom. The maximum Gasteiger partial charge on any atom is 0.335 e. The van der Waals surface area contributed by atoms with E-state index < -0.39 is 27.6 Å². The van der Waals surface area contributed by atoms with Crippen LogP contribution in [0.25, 0.3) is 44.4 Å². The minimum Gasteiger partial charge on any atom is -0.478 e. The Kier molecular flexibility index (Phi) is 7.10. The molecular formula is C32H17ClF2N2O4S2. The standard InChI is InChI=1S/C32H17ClF2N2O4S2/c33-27-15-20(32(38)39)4-10-24(27)18-2-1-3-19(14-18)31-30(25-12-13-42-29(25)17-36)26-16-22(35)7-11-28(26)37(31)43(40,41)23-8-5-21(34)6-9-23/h1-16H,(H,38,39). The molecule has 6 nitrogen and oxygen atoms in total. The van der Waals surface area contributed by atoms with Crippen molar-refractivity contribution in [2.45, 2.75) is 4.90 Å². The van der Waals surface area contributed by atoms with Gasteiger partial charge in [0.05, 0.1) is 21.7 Å². The van der Waals surface area contributed by atoms with Gasteiger partial charge in [-0.3, -0.25) is 0 Å². The molecule has 6 rings (SSSR count). The van der Waals surface area contributed by atoms with Gasteiger partial charge in [0.25, 0.3) is 10.0 Å². The van der Waals surface area contributed by atoms with Crippen molar-refractivity contribution in [3.05, 3.63) is 123 Å². The van der Waals surface area contributed by atoms with Crippen molar-refractivity contribution < 1.29 is 27.1 Å². The van der Waals surface area contributed by atoms with Gasteiger partial charge >= 0.3 is 5.97 Å². The van der Waals surface area contributed by atoms with Crippen molar-refractivity contribution in [2.75, 3.05) is 0 Å². The van der Waals surface area contributed by atoms with Crippen molar-refractivity contribution in [1.29, 1.82) is 5.26 Å². The number of thiophene rings is 1. The van der Waals surface area contributed by atoms with Crippen LogP contribution in [0.15, 0.2) is 101 Å². The van der Waals surface area contributed by atoms with Gasteiger partial charge < -0.3 is 5.11 Å². The molecule has 0 radical (unpaired) electrons. The molecule has 43 heavy (non-hydrogen) atoms. The first-order chi connectivity index (χ1) is 20.6. The maximum atomic E-state index is 14.7. The quantitative estimate of drug-likeness (QED) is 0.199. The van der Waals surface area contributed by atoms with Crippen LogP contribution in [0.1, 0.15) is 15.2 Å². The smallest absolute Gasteiger partial charge is 0.335 e. The van der Waals surface area contributed by atoms with Crippen LogP contribution < -0.4 is 0 Å². The summed E-state index contributed by atoms with van der Waals surface area (Å²) in [6.07, 6.45) is 0. The zero-order valence-electron chi connectivity index (χ0n) is 21.8. The summed E-state index contributed by atoms with van der Waals surface area (Å²) in [5.74, 6) is -2.36. The van der Waals surface area contributed by atoms with Gasteiger partial charge in [0.2, 0.25) is 0 Å². The Labute approximate surface area is 253 Å². The molecule has 2 heterocycles. The minimum atomic E-state index is -4.41. The van der Waals surface area contributed by atoms with Crippen LogP contribution >= 0.6 is 22.9 Å². The third-order valence-electron chi connectivity index (χ3n) is 6.94. The molecule has 0 atom stereocenters. The van der Waals surface area contributed by atoms with E-state index in [-0.39, 0.29) is 32.1 Å². The molecule has 1 N–H and O–H groups in total. The number of carbonyl (C=O) groups is 1. The monoisotopic (exact) mass is 630 g/mol. The predicted octanol–water partition coefficient (Wildman–Crippen LogP) is 8.44. The molecule has 0 unspecified atom stereocenters. The number of benzene rings is 4. The molecule has 0 fully saturated rings. The first-order valence-corrected chi connectivity index (χ1v) is 15.3. The highest BCUT2D eigenvalue weighted by atomic mass is 35.5. The third kappa shape index (κ3) is 4.87. The predicted molar refractivity (Wildman–Crippen MR) is 162 cm³/mol. The second-order valence-electron chi connectivity index (χ2n) is 9.46. The van der Waals surface area contributed by atoms with E-state index in [2.05, 4.69) is 6.07 Å². The van der Waals surface area contributed by atoms with Gasteiger partial charge in [-0.15, -0.1) is 11.3 Å². The Hall–Kier alpha value is -4.82. The fourth-order valence-corrected chi connectivity index (χ4v) is 7.57. The van der Waals surface area contributed by atoms with Crippen molar-refractivity contribution in [3.63, 3.8) is 0 Å². The minimum absolute atomic E-state index is 0.00113. The van der Waals surface area contributed by atoms with E-state index in [9.17, 15) is 32.4 Å². The molecule has 6 aromatic rings. The molecule has 0 saturated carbocycles. The van der Waals surface area contributed by atoms with Crippen LogP contribution in [0.4, 0.5) is 8.78 Å². The number of aromatic carboxylic acids is 1. The zero-order chi connectivity index (χ0) is 30.5. The van der Waals surface area contributed by atoms with E-state index in [1.54, 1.807) is 41.8 Å². The molecule has 4 aromatic carbocycles. The number of rotatable bonds is 6. The molecule has 212 valence electrons. The average molecular weight is 631 g/mol. The number of nitrogens with zero attached hydrogens (tertiary/aromatic N) is 2. The van der Waals surface area contributed by atoms with Crippen molar-refractivity contribution in [3.8, 4) is 39.6 Å². The lowest BCUT2D eigenvalue weighted by molar-refractivity contribution is 0.0697. The summed E-state index contributed by atoms with van der Waals surface area (Å²) in [5, 5.41) is 21.3. The van der Waals surface area contributed by atoms with Crippen LogP contribution in [-0.2, 0) is 10.0 Å². The first-order valence-electron chi connectivity index (χ1n) is 12.6. The molecule has 0 bridgehead atoms. The number of halogens is 3. The fourth-order valence-electron chi connectivity index (χ4n) is 5.04. The lowest BCUT2D eigenvalue weighted by atomic mass is 9.96. The summed E-state index contributed by atoms with van der Waals surface area (Å²) in [6, 6.07) is 22.9. The summed E-state index contributed by atoms with van der Waals surface area (Å²) < 4.78 is 58.2. The molecule has 0 amide bonds. The molecule has 0 spiro atoms. The van der Waals surface area contributed by atoms with Gasteiger partial charge in [0, 0.05) is 32.7 Å². The molecule has 11 heteroatoms. The SMILES string of the molecule is N#Cc1sccc1-c1c(-c2cccc(-c3ccc(C(=O)O)cc3Cl)c2)n(S(=O)(=O)c2ccc(F)cc2)c2ccc(F)cc12. The van der Waals surface area contributed by atoms with Crippen LogP contribution in [-0.4, -0.2) is 23.5 Å². The van der Waals surface area contributed by atoms with Gasteiger partial charge in [0.1, 0.15) is 22.6 Å². The fraction of sp³-hybridized carbons (Fsp3) is 0. The third-order valence-corrected chi connectivity index (χ3v) is 9.80. The first kappa shape index (κ1) is 28.3. The number of aromatic nitrogens is 1.